The lowest BCUT2D eigenvalue weighted by Gasteiger charge is -2.20. The highest BCUT2D eigenvalue weighted by Crippen LogP contribution is 2.32. The molecule has 0 aliphatic rings. The molecule has 39 heavy (non-hydrogen) atoms. The number of esters is 1. The van der Waals surface area contributed by atoms with Gasteiger partial charge in [0, 0.05) is 26.5 Å². The van der Waals surface area contributed by atoms with E-state index in [1.165, 1.54) is 36.4 Å². The number of aromatic nitrogens is 3. The number of halogens is 3. The summed E-state index contributed by atoms with van der Waals surface area (Å²) in [5.41, 5.74) is -1.51. The molecule has 0 spiro atoms. The van der Waals surface area contributed by atoms with Gasteiger partial charge in [0.1, 0.15) is 5.69 Å². The van der Waals surface area contributed by atoms with Crippen LogP contribution in [-0.2, 0) is 39.8 Å². The number of amides is 2. The Bertz CT molecular complexity index is 1500. The van der Waals surface area contributed by atoms with Crippen molar-refractivity contribution in [2.75, 3.05) is 22.8 Å². The van der Waals surface area contributed by atoms with E-state index in [2.05, 4.69) is 10.3 Å². The first-order chi connectivity index (χ1) is 18.2. The maximum Gasteiger partial charge on any atom is 0.428 e. The molecule has 3 aromatic rings. The fourth-order valence-corrected chi connectivity index (χ4v) is 4.74. The molecule has 2 aromatic heterocycles. The monoisotopic (exact) mass is 571 g/mol. The number of rotatable bonds is 8. The van der Waals surface area contributed by atoms with Crippen LogP contribution >= 0.6 is 0 Å². The molecule has 2 amide bonds. The molecule has 3 rings (SSSR count). The number of sulfonamides is 1. The van der Waals surface area contributed by atoms with Gasteiger partial charge < -0.3 is 23.9 Å². The lowest BCUT2D eigenvalue weighted by atomic mass is 10.2. The molecule has 0 unspecified atom stereocenters. The molecule has 0 radical (unpaired) electrons. The van der Waals surface area contributed by atoms with Crippen molar-refractivity contribution in [1.82, 2.24) is 14.1 Å². The number of ether oxygens (including phenoxy) is 2. The minimum Gasteiger partial charge on any atom is -0.460 e. The molecule has 1 N–H and O–H groups in total. The van der Waals surface area contributed by atoms with Gasteiger partial charge in [0.15, 0.2) is 5.82 Å². The number of carbonyl (C=O) groups excluding carboxylic acids is 3. The van der Waals surface area contributed by atoms with Crippen molar-refractivity contribution in [3.05, 3.63) is 59.8 Å². The van der Waals surface area contributed by atoms with E-state index in [-0.39, 0.29) is 40.5 Å². The van der Waals surface area contributed by atoms with Gasteiger partial charge in [-0.15, -0.1) is 0 Å². The van der Waals surface area contributed by atoms with E-state index in [9.17, 15) is 36.0 Å². The van der Waals surface area contributed by atoms with Gasteiger partial charge in [-0.25, -0.2) is 23.0 Å². The molecule has 1 aromatic carbocycles. The van der Waals surface area contributed by atoms with Crippen LogP contribution in [0, 0.1) is 0 Å². The number of aryl methyl sites for hydroxylation is 2. The zero-order valence-electron chi connectivity index (χ0n) is 21.1. The molecular weight excluding hydrogens is 547 g/mol. The summed E-state index contributed by atoms with van der Waals surface area (Å²) in [6, 6.07) is 3.63. The van der Waals surface area contributed by atoms with E-state index in [0.717, 1.165) is 12.3 Å². The maximum atomic E-state index is 13.3. The van der Waals surface area contributed by atoms with Crippen LogP contribution in [0.3, 0.4) is 0 Å². The summed E-state index contributed by atoms with van der Waals surface area (Å²) in [7, 11) is -1.85. The van der Waals surface area contributed by atoms with Crippen molar-refractivity contribution in [1.29, 1.82) is 0 Å². The molecule has 0 fully saturated rings. The lowest BCUT2D eigenvalue weighted by molar-refractivity contribution is -0.137. The van der Waals surface area contributed by atoms with Gasteiger partial charge in [-0.05, 0) is 44.2 Å². The molecule has 0 aliphatic carbocycles. The molecule has 16 heteroatoms. The summed E-state index contributed by atoms with van der Waals surface area (Å²) in [6.45, 7) is 2.96. The highest BCUT2D eigenvalue weighted by Gasteiger charge is 2.36. The van der Waals surface area contributed by atoms with E-state index in [0.29, 0.717) is 24.3 Å². The summed E-state index contributed by atoms with van der Waals surface area (Å²) < 4.78 is 78.0. The molecule has 0 bridgehead atoms. The number of carbonyl (C=O) groups is 3. The van der Waals surface area contributed by atoms with Crippen LogP contribution in [0.25, 0.3) is 0 Å². The predicted molar refractivity (Wildman–Crippen MR) is 131 cm³/mol. The largest absolute Gasteiger partial charge is 0.460 e. The van der Waals surface area contributed by atoms with Gasteiger partial charge in [0.2, 0.25) is 5.82 Å². The van der Waals surface area contributed by atoms with E-state index in [1.54, 1.807) is 6.92 Å². The van der Waals surface area contributed by atoms with Gasteiger partial charge in [-0.2, -0.15) is 17.5 Å². The minimum absolute atomic E-state index is 0.00655. The van der Waals surface area contributed by atoms with Crippen molar-refractivity contribution in [2.24, 2.45) is 14.1 Å². The van der Waals surface area contributed by atoms with Crippen molar-refractivity contribution >= 4 is 39.5 Å². The molecule has 0 saturated heterocycles. The highest BCUT2D eigenvalue weighted by molar-refractivity contribution is 7.93. The third kappa shape index (κ3) is 6.22. The molecule has 12 nitrogen and oxygen atoms in total. The second-order valence-electron chi connectivity index (χ2n) is 7.92. The molecule has 210 valence electrons. The summed E-state index contributed by atoms with van der Waals surface area (Å²) in [4.78, 5) is 41.0. The molecule has 0 aliphatic heterocycles. The Morgan fingerprint density at radius 3 is 2.18 bits per heavy atom. The Kier molecular flexibility index (Phi) is 8.38. The first kappa shape index (κ1) is 29.2. The van der Waals surface area contributed by atoms with Gasteiger partial charge in [0.05, 0.1) is 29.4 Å². The number of imidazole rings is 1. The number of nitrogens with zero attached hydrogens (tertiary/aromatic N) is 4. The Hall–Kier alpha value is -4.34. The van der Waals surface area contributed by atoms with Crippen LogP contribution in [0.1, 0.15) is 40.5 Å². The third-order valence-electron chi connectivity index (χ3n) is 5.19. The Labute approximate surface area is 221 Å². The van der Waals surface area contributed by atoms with Crippen LogP contribution in [0.4, 0.5) is 29.5 Å². The van der Waals surface area contributed by atoms with Crippen LogP contribution in [0.15, 0.2) is 47.6 Å². The average molecular weight is 572 g/mol. The number of nitrogens with one attached hydrogen (secondary N) is 1. The normalized spacial score (nSPS) is 11.7. The second-order valence-corrected chi connectivity index (χ2v) is 9.71. The zero-order chi connectivity index (χ0) is 29.1. The summed E-state index contributed by atoms with van der Waals surface area (Å²) in [5, 5.41) is 2.46. The number of hydrogen-bond donors (Lipinski definition) is 1. The maximum absolute atomic E-state index is 13.3. The Morgan fingerprint density at radius 1 is 1.00 bits per heavy atom. The number of benzene rings is 1. The quantitative estimate of drug-likeness (QED) is 0.405. The minimum atomic E-state index is -4.76. The average Bonchev–Trinajstić information content (AvgIpc) is 3.40. The SMILES string of the molecule is CCOC(=O)c1nc(NC(=O)c2cc(N(C(=O)OCC)S(=O)(=O)c3ccc(C(F)(F)F)cc3)cn2C)cn1C. The van der Waals surface area contributed by atoms with Gasteiger partial charge in [0.25, 0.3) is 15.9 Å². The fourth-order valence-electron chi connectivity index (χ4n) is 3.42. The van der Waals surface area contributed by atoms with Gasteiger partial charge in [-0.1, -0.05) is 0 Å². The number of hydrogen-bond acceptors (Lipinski definition) is 8. The first-order valence-electron chi connectivity index (χ1n) is 11.3. The predicted octanol–water partition coefficient (Wildman–Crippen LogP) is 3.56. The zero-order valence-corrected chi connectivity index (χ0v) is 22.0. The molecule has 0 atom stereocenters. The van der Waals surface area contributed by atoms with Crippen molar-refractivity contribution < 1.29 is 45.4 Å². The Balaban J connectivity index is 1.96. The molecule has 0 saturated carbocycles. The first-order valence-corrected chi connectivity index (χ1v) is 12.7. The fraction of sp³-hybridized carbons (Fsp3) is 0.304. The molecular formula is C23H24F3N5O7S. The number of alkyl halides is 3. The summed E-state index contributed by atoms with van der Waals surface area (Å²) in [6.07, 6.45) is -3.53. The number of anilines is 2. The summed E-state index contributed by atoms with van der Waals surface area (Å²) >= 11 is 0. The Morgan fingerprint density at radius 2 is 1.62 bits per heavy atom. The van der Waals surface area contributed by atoms with Gasteiger partial charge >= 0.3 is 18.2 Å². The van der Waals surface area contributed by atoms with Crippen LogP contribution in [0.5, 0.6) is 0 Å². The standard InChI is InChI=1S/C23H24F3N5O7S/c1-5-37-21(33)19-27-18(13-30(19)4)28-20(32)17-11-15(12-29(17)3)31(22(34)38-6-2)39(35,36)16-9-7-14(8-10-16)23(24,25)26/h7-13H,5-6H2,1-4H3,(H,28,32). The van der Waals surface area contributed by atoms with E-state index in [1.807, 2.05) is 0 Å². The van der Waals surface area contributed by atoms with E-state index < -0.39 is 44.6 Å². The van der Waals surface area contributed by atoms with E-state index in [4.69, 9.17) is 9.47 Å². The van der Waals surface area contributed by atoms with Crippen LogP contribution in [0.2, 0.25) is 0 Å². The third-order valence-corrected chi connectivity index (χ3v) is 6.90. The topological polar surface area (TPSA) is 142 Å². The smallest absolute Gasteiger partial charge is 0.428 e. The van der Waals surface area contributed by atoms with Gasteiger partial charge in [-0.3, -0.25) is 4.79 Å². The van der Waals surface area contributed by atoms with Crippen molar-refractivity contribution in [3.63, 3.8) is 0 Å². The highest BCUT2D eigenvalue weighted by atomic mass is 32.2. The lowest BCUT2D eigenvalue weighted by Crippen LogP contribution is -2.37. The van der Waals surface area contributed by atoms with Crippen molar-refractivity contribution in [2.45, 2.75) is 24.9 Å². The van der Waals surface area contributed by atoms with Crippen LogP contribution < -0.4 is 9.62 Å². The summed E-state index contributed by atoms with van der Waals surface area (Å²) in [5.74, 6) is -1.56. The van der Waals surface area contributed by atoms with E-state index >= 15 is 0 Å². The van der Waals surface area contributed by atoms with Crippen LogP contribution in [-0.4, -0.2) is 53.7 Å². The second kappa shape index (κ2) is 11.2. The van der Waals surface area contributed by atoms with Crippen molar-refractivity contribution in [3.8, 4) is 0 Å². The molecule has 2 heterocycles.